The summed E-state index contributed by atoms with van der Waals surface area (Å²) >= 11 is 10.9. The van der Waals surface area contributed by atoms with Crippen molar-refractivity contribution in [2.75, 3.05) is 5.32 Å². The first kappa shape index (κ1) is 17.7. The van der Waals surface area contributed by atoms with Gasteiger partial charge in [0.25, 0.3) is 11.6 Å². The van der Waals surface area contributed by atoms with Crippen LogP contribution >= 0.6 is 23.8 Å². The Labute approximate surface area is 146 Å². The third kappa shape index (κ3) is 4.20. The summed E-state index contributed by atoms with van der Waals surface area (Å²) < 4.78 is 1.48. The van der Waals surface area contributed by atoms with E-state index in [9.17, 15) is 14.9 Å². The Morgan fingerprint density at radius 1 is 1.50 bits per heavy atom. The minimum absolute atomic E-state index is 0.0604. The van der Waals surface area contributed by atoms with Crippen LogP contribution in [0.1, 0.15) is 23.7 Å². The lowest BCUT2D eigenvalue weighted by molar-refractivity contribution is -0.384. The van der Waals surface area contributed by atoms with E-state index >= 15 is 0 Å². The van der Waals surface area contributed by atoms with Crippen molar-refractivity contribution in [3.05, 3.63) is 38.9 Å². The van der Waals surface area contributed by atoms with E-state index < -0.39 is 10.8 Å². The molecule has 0 spiro atoms. The molecule has 1 aromatic heterocycles. The first-order chi connectivity index (χ1) is 11.4. The van der Waals surface area contributed by atoms with Gasteiger partial charge >= 0.3 is 0 Å². The van der Waals surface area contributed by atoms with E-state index in [-0.39, 0.29) is 27.3 Å². The Kier molecular flexibility index (Phi) is 5.71. The predicted octanol–water partition coefficient (Wildman–Crippen LogP) is 1.77. The fourth-order valence-electron chi connectivity index (χ4n) is 1.76. The van der Waals surface area contributed by atoms with E-state index in [0.717, 1.165) is 12.5 Å². The molecule has 24 heavy (non-hydrogen) atoms. The minimum atomic E-state index is -0.685. The van der Waals surface area contributed by atoms with Crippen LogP contribution in [0.15, 0.2) is 18.2 Å². The number of thiocarbonyl (C=S) groups is 1. The number of halogens is 1. The predicted molar refractivity (Wildman–Crippen MR) is 89.9 cm³/mol. The SMILES string of the molecule is CCCn1nnnc1NC(=S)NC(=O)c1cc([N+](=O)[O-])ccc1Cl. The summed E-state index contributed by atoms with van der Waals surface area (Å²) in [7, 11) is 0. The second-order valence-electron chi connectivity index (χ2n) is 4.56. The molecular formula is C12H12ClN7O3S. The molecule has 0 radical (unpaired) electrons. The third-order valence-electron chi connectivity index (χ3n) is 2.83. The lowest BCUT2D eigenvalue weighted by Crippen LogP contribution is -2.35. The lowest BCUT2D eigenvalue weighted by atomic mass is 10.2. The summed E-state index contributed by atoms with van der Waals surface area (Å²) in [6.07, 6.45) is 0.808. The van der Waals surface area contributed by atoms with E-state index in [4.69, 9.17) is 23.8 Å². The standard InChI is InChI=1S/C12H12ClN7O3S/c1-2-5-19-11(16-17-18-19)15-12(24)14-10(21)8-6-7(20(22)23)3-4-9(8)13/h3-4,6H,2,5H2,1H3,(H2,14,15,16,18,21,24). The van der Waals surface area contributed by atoms with Gasteiger partial charge in [-0.1, -0.05) is 23.6 Å². The normalized spacial score (nSPS) is 10.2. The van der Waals surface area contributed by atoms with Crippen LogP contribution in [0.25, 0.3) is 0 Å². The zero-order valence-electron chi connectivity index (χ0n) is 12.4. The summed E-state index contributed by atoms with van der Waals surface area (Å²) in [6.45, 7) is 2.53. The van der Waals surface area contributed by atoms with Crippen LogP contribution in [-0.2, 0) is 6.54 Å². The maximum absolute atomic E-state index is 12.2. The number of nitrogens with zero attached hydrogens (tertiary/aromatic N) is 5. The number of nitro benzene ring substituents is 1. The Hall–Kier alpha value is -2.66. The molecule has 0 fully saturated rings. The number of amides is 1. The molecule has 0 saturated carbocycles. The molecule has 1 aromatic carbocycles. The van der Waals surface area contributed by atoms with Crippen molar-refractivity contribution in [2.45, 2.75) is 19.9 Å². The molecule has 126 valence electrons. The number of nitrogens with one attached hydrogen (secondary N) is 2. The van der Waals surface area contributed by atoms with E-state index in [1.54, 1.807) is 0 Å². The number of anilines is 1. The fourth-order valence-corrected chi connectivity index (χ4v) is 2.15. The van der Waals surface area contributed by atoms with Crippen molar-refractivity contribution in [1.29, 1.82) is 0 Å². The average molecular weight is 370 g/mol. The first-order valence-corrected chi connectivity index (χ1v) is 7.53. The van der Waals surface area contributed by atoms with Gasteiger partial charge in [0.1, 0.15) is 0 Å². The fraction of sp³-hybridized carbons (Fsp3) is 0.250. The van der Waals surface area contributed by atoms with Gasteiger partial charge in [0.15, 0.2) is 5.11 Å². The number of tetrazole rings is 1. The van der Waals surface area contributed by atoms with Gasteiger partial charge < -0.3 is 0 Å². The molecule has 0 aliphatic carbocycles. The Morgan fingerprint density at radius 3 is 2.92 bits per heavy atom. The number of carbonyl (C=O) groups is 1. The van der Waals surface area contributed by atoms with E-state index in [1.807, 2.05) is 6.92 Å². The van der Waals surface area contributed by atoms with Crippen LogP contribution < -0.4 is 10.6 Å². The van der Waals surface area contributed by atoms with Gasteiger partial charge in [0.05, 0.1) is 15.5 Å². The van der Waals surface area contributed by atoms with Gasteiger partial charge in [-0.3, -0.25) is 25.5 Å². The molecule has 2 rings (SSSR count). The number of carbonyl (C=O) groups excluding carboxylic acids is 1. The van der Waals surface area contributed by atoms with Crippen molar-refractivity contribution in [1.82, 2.24) is 25.5 Å². The van der Waals surface area contributed by atoms with Gasteiger partial charge in [-0.05, 0) is 35.1 Å². The Bertz CT molecular complexity index is 795. The summed E-state index contributed by atoms with van der Waals surface area (Å²) in [4.78, 5) is 22.4. The molecule has 0 aliphatic heterocycles. The monoisotopic (exact) mass is 369 g/mol. The number of nitro groups is 1. The average Bonchev–Trinajstić information content (AvgIpc) is 2.94. The van der Waals surface area contributed by atoms with Crippen LogP contribution in [0, 0.1) is 10.1 Å². The van der Waals surface area contributed by atoms with Crippen molar-refractivity contribution in [2.24, 2.45) is 0 Å². The molecule has 12 heteroatoms. The molecule has 2 N–H and O–H groups in total. The van der Waals surface area contributed by atoms with Crippen molar-refractivity contribution in [3.8, 4) is 0 Å². The topological polar surface area (TPSA) is 128 Å². The highest BCUT2D eigenvalue weighted by molar-refractivity contribution is 7.80. The van der Waals surface area contributed by atoms with Gasteiger partial charge in [-0.15, -0.1) is 0 Å². The summed E-state index contributed by atoms with van der Waals surface area (Å²) in [6, 6.07) is 3.54. The molecule has 1 heterocycles. The number of aromatic nitrogens is 4. The van der Waals surface area contributed by atoms with Gasteiger partial charge in [-0.2, -0.15) is 0 Å². The number of benzene rings is 1. The summed E-state index contributed by atoms with van der Waals surface area (Å²) in [5.41, 5.74) is -0.321. The maximum Gasteiger partial charge on any atom is 0.270 e. The number of rotatable bonds is 5. The first-order valence-electron chi connectivity index (χ1n) is 6.74. The second-order valence-corrected chi connectivity index (χ2v) is 5.37. The Balaban J connectivity index is 2.09. The van der Waals surface area contributed by atoms with E-state index in [2.05, 4.69) is 26.2 Å². The molecular weight excluding hydrogens is 358 g/mol. The molecule has 2 aromatic rings. The molecule has 1 amide bonds. The van der Waals surface area contributed by atoms with Gasteiger partial charge in [-0.25, -0.2) is 4.68 Å². The minimum Gasteiger partial charge on any atom is -0.300 e. The number of hydrogen-bond donors (Lipinski definition) is 2. The molecule has 0 unspecified atom stereocenters. The van der Waals surface area contributed by atoms with Crippen molar-refractivity contribution < 1.29 is 9.72 Å². The number of aryl methyl sites for hydroxylation is 1. The second kappa shape index (κ2) is 7.75. The zero-order chi connectivity index (χ0) is 17.7. The highest BCUT2D eigenvalue weighted by Crippen LogP contribution is 2.21. The zero-order valence-corrected chi connectivity index (χ0v) is 14.0. The van der Waals surface area contributed by atoms with Gasteiger partial charge in [0, 0.05) is 18.7 Å². The number of hydrogen-bond acceptors (Lipinski definition) is 7. The quantitative estimate of drug-likeness (QED) is 0.463. The van der Waals surface area contributed by atoms with Crippen molar-refractivity contribution >= 4 is 46.5 Å². The number of non-ortho nitro benzene ring substituents is 1. The highest BCUT2D eigenvalue weighted by atomic mass is 35.5. The summed E-state index contributed by atoms with van der Waals surface area (Å²) in [5.74, 6) is -0.414. The molecule has 0 atom stereocenters. The molecule has 0 aliphatic rings. The van der Waals surface area contributed by atoms with Crippen LogP contribution in [0.4, 0.5) is 11.6 Å². The maximum atomic E-state index is 12.2. The molecule has 0 saturated heterocycles. The molecule has 10 nitrogen and oxygen atoms in total. The van der Waals surface area contributed by atoms with Crippen LogP contribution in [0.5, 0.6) is 0 Å². The van der Waals surface area contributed by atoms with Crippen molar-refractivity contribution in [3.63, 3.8) is 0 Å². The van der Waals surface area contributed by atoms with Crippen LogP contribution in [0.3, 0.4) is 0 Å². The summed E-state index contributed by atoms with van der Waals surface area (Å²) in [5, 5.41) is 26.9. The highest BCUT2D eigenvalue weighted by Gasteiger charge is 2.17. The van der Waals surface area contributed by atoms with Gasteiger partial charge in [0.2, 0.25) is 5.95 Å². The lowest BCUT2D eigenvalue weighted by Gasteiger charge is -2.09. The smallest absolute Gasteiger partial charge is 0.270 e. The Morgan fingerprint density at radius 2 is 2.25 bits per heavy atom. The third-order valence-corrected chi connectivity index (χ3v) is 3.36. The molecule has 0 bridgehead atoms. The van der Waals surface area contributed by atoms with E-state index in [1.165, 1.54) is 16.8 Å². The van der Waals surface area contributed by atoms with E-state index in [0.29, 0.717) is 6.54 Å². The van der Waals surface area contributed by atoms with Crippen LogP contribution in [0.2, 0.25) is 5.02 Å². The van der Waals surface area contributed by atoms with Crippen LogP contribution in [-0.4, -0.2) is 36.2 Å². The largest absolute Gasteiger partial charge is 0.300 e.